The molecule has 0 unspecified atom stereocenters. The number of amides is 2. The van der Waals surface area contributed by atoms with Gasteiger partial charge in [-0.1, -0.05) is 12.1 Å². The third kappa shape index (κ3) is 3.59. The maximum absolute atomic E-state index is 13.2. The van der Waals surface area contributed by atoms with Crippen LogP contribution < -0.4 is 10.6 Å². The molecule has 2 aromatic carbocycles. The number of urea groups is 1. The molecule has 4 aromatic rings. The average molecular weight is 365 g/mol. The van der Waals surface area contributed by atoms with E-state index in [0.29, 0.717) is 11.5 Å². The van der Waals surface area contributed by atoms with Crippen LogP contribution in [0.2, 0.25) is 0 Å². The summed E-state index contributed by atoms with van der Waals surface area (Å²) in [6.07, 6.45) is 5.39. The molecule has 0 spiro atoms. The zero-order valence-electron chi connectivity index (χ0n) is 13.9. The normalized spacial score (nSPS) is 10.7. The van der Waals surface area contributed by atoms with Crippen molar-refractivity contribution < 1.29 is 13.6 Å². The van der Waals surface area contributed by atoms with Crippen molar-refractivity contribution >= 4 is 23.2 Å². The highest BCUT2D eigenvalue weighted by Gasteiger charge is 2.08. The third-order valence-electron chi connectivity index (χ3n) is 3.85. The van der Waals surface area contributed by atoms with Crippen molar-refractivity contribution in [1.29, 1.82) is 0 Å². The van der Waals surface area contributed by atoms with Gasteiger partial charge in [-0.25, -0.2) is 23.5 Å². The van der Waals surface area contributed by atoms with E-state index in [1.807, 2.05) is 35.0 Å². The van der Waals surface area contributed by atoms with E-state index in [0.717, 1.165) is 23.4 Å². The second-order valence-corrected chi connectivity index (χ2v) is 5.74. The highest BCUT2D eigenvalue weighted by atomic mass is 19.2. The van der Waals surface area contributed by atoms with Crippen LogP contribution in [0, 0.1) is 11.6 Å². The smallest absolute Gasteiger partial charge is 0.308 e. The van der Waals surface area contributed by atoms with Gasteiger partial charge < -0.3 is 10.6 Å². The van der Waals surface area contributed by atoms with Crippen molar-refractivity contribution in [2.45, 2.75) is 0 Å². The number of nitrogens with one attached hydrogen (secondary N) is 2. The third-order valence-corrected chi connectivity index (χ3v) is 3.85. The number of anilines is 2. The standard InChI is InChI=1S/C19H13F2N5O/c20-15-7-6-14(10-16(15)21)24-19(27)23-13-4-2-12(3-5-13)17-11-26-9-1-8-22-18(26)25-17/h1-11H,(H2,23,24,27). The molecule has 0 saturated carbocycles. The SMILES string of the molecule is O=C(Nc1ccc(-c2cn3cccnc3n2)cc1)Nc1ccc(F)c(F)c1. The molecule has 0 radical (unpaired) electrons. The van der Waals surface area contributed by atoms with Gasteiger partial charge in [-0.05, 0) is 30.3 Å². The fourth-order valence-electron chi connectivity index (χ4n) is 2.56. The number of hydrogen-bond donors (Lipinski definition) is 2. The van der Waals surface area contributed by atoms with Gasteiger partial charge in [0.15, 0.2) is 11.6 Å². The molecule has 0 atom stereocenters. The lowest BCUT2D eigenvalue weighted by Gasteiger charge is -2.08. The number of carbonyl (C=O) groups is 1. The Morgan fingerprint density at radius 2 is 1.70 bits per heavy atom. The maximum Gasteiger partial charge on any atom is 0.323 e. The first kappa shape index (κ1) is 16.6. The molecular weight excluding hydrogens is 352 g/mol. The first-order chi connectivity index (χ1) is 13.1. The number of fused-ring (bicyclic) bond motifs is 1. The molecule has 6 nitrogen and oxygen atoms in total. The number of benzene rings is 2. The molecule has 27 heavy (non-hydrogen) atoms. The first-order valence-electron chi connectivity index (χ1n) is 8.02. The van der Waals surface area contributed by atoms with E-state index < -0.39 is 17.7 Å². The maximum atomic E-state index is 13.2. The fraction of sp³-hybridized carbons (Fsp3) is 0. The molecule has 8 heteroatoms. The van der Waals surface area contributed by atoms with Crippen molar-refractivity contribution in [1.82, 2.24) is 14.4 Å². The zero-order valence-corrected chi connectivity index (χ0v) is 13.9. The van der Waals surface area contributed by atoms with Crippen LogP contribution in [-0.4, -0.2) is 20.4 Å². The minimum Gasteiger partial charge on any atom is -0.308 e. The van der Waals surface area contributed by atoms with Gasteiger partial charge in [-0.3, -0.25) is 4.40 Å². The van der Waals surface area contributed by atoms with Gasteiger partial charge in [-0.2, -0.15) is 0 Å². The molecule has 2 amide bonds. The van der Waals surface area contributed by atoms with E-state index in [4.69, 9.17) is 0 Å². The van der Waals surface area contributed by atoms with Gasteiger partial charge >= 0.3 is 6.03 Å². The summed E-state index contributed by atoms with van der Waals surface area (Å²) in [5, 5.41) is 5.07. The molecule has 4 rings (SSSR count). The van der Waals surface area contributed by atoms with E-state index in [1.54, 1.807) is 18.3 Å². The largest absolute Gasteiger partial charge is 0.323 e. The molecule has 0 saturated heterocycles. The molecule has 2 aromatic heterocycles. The van der Waals surface area contributed by atoms with Gasteiger partial charge in [0.1, 0.15) is 0 Å². The van der Waals surface area contributed by atoms with Gasteiger partial charge in [0.25, 0.3) is 0 Å². The Labute approximate surface area is 152 Å². The summed E-state index contributed by atoms with van der Waals surface area (Å²) >= 11 is 0. The van der Waals surface area contributed by atoms with E-state index in [-0.39, 0.29) is 5.69 Å². The molecule has 0 aliphatic rings. The lowest BCUT2D eigenvalue weighted by Crippen LogP contribution is -2.19. The zero-order chi connectivity index (χ0) is 18.8. The first-order valence-corrected chi connectivity index (χ1v) is 8.02. The minimum absolute atomic E-state index is 0.153. The van der Waals surface area contributed by atoms with Gasteiger partial charge in [0, 0.05) is 41.6 Å². The Balaban J connectivity index is 1.45. The van der Waals surface area contributed by atoms with Gasteiger partial charge in [-0.15, -0.1) is 0 Å². The highest BCUT2D eigenvalue weighted by Crippen LogP contribution is 2.21. The molecule has 134 valence electrons. The van der Waals surface area contributed by atoms with Crippen LogP contribution in [0.5, 0.6) is 0 Å². The van der Waals surface area contributed by atoms with Crippen molar-refractivity contribution in [2.24, 2.45) is 0 Å². The number of rotatable bonds is 3. The van der Waals surface area contributed by atoms with E-state index in [2.05, 4.69) is 20.6 Å². The second-order valence-electron chi connectivity index (χ2n) is 5.74. The molecule has 2 N–H and O–H groups in total. The summed E-state index contributed by atoms with van der Waals surface area (Å²) in [4.78, 5) is 20.6. The number of hydrogen-bond acceptors (Lipinski definition) is 3. The van der Waals surface area contributed by atoms with Crippen LogP contribution in [0.1, 0.15) is 0 Å². The van der Waals surface area contributed by atoms with Crippen LogP contribution in [0.25, 0.3) is 17.0 Å². The monoisotopic (exact) mass is 365 g/mol. The number of imidazole rings is 1. The summed E-state index contributed by atoms with van der Waals surface area (Å²) in [6, 6.07) is 11.5. The Morgan fingerprint density at radius 3 is 2.44 bits per heavy atom. The average Bonchev–Trinajstić information content (AvgIpc) is 3.09. The Kier molecular flexibility index (Phi) is 4.21. The van der Waals surface area contributed by atoms with Crippen molar-refractivity contribution in [3.8, 4) is 11.3 Å². The molecule has 0 aliphatic carbocycles. The molecule has 0 bridgehead atoms. The number of aromatic nitrogens is 3. The number of halogens is 2. The lowest BCUT2D eigenvalue weighted by molar-refractivity contribution is 0.262. The quantitative estimate of drug-likeness (QED) is 0.568. The van der Waals surface area contributed by atoms with Crippen LogP contribution in [-0.2, 0) is 0 Å². The Morgan fingerprint density at radius 1 is 0.963 bits per heavy atom. The van der Waals surface area contributed by atoms with E-state index in [9.17, 15) is 13.6 Å². The second kappa shape index (κ2) is 6.83. The summed E-state index contributed by atoms with van der Waals surface area (Å²) in [6.45, 7) is 0. The minimum atomic E-state index is -1.03. The van der Waals surface area contributed by atoms with Crippen molar-refractivity contribution in [2.75, 3.05) is 10.6 Å². The van der Waals surface area contributed by atoms with Gasteiger partial charge in [0.05, 0.1) is 5.69 Å². The predicted octanol–water partition coefficient (Wildman–Crippen LogP) is 4.32. The van der Waals surface area contributed by atoms with E-state index in [1.165, 1.54) is 6.07 Å². The summed E-state index contributed by atoms with van der Waals surface area (Å²) in [7, 11) is 0. The Hall–Kier alpha value is -3.81. The topological polar surface area (TPSA) is 71.3 Å². The lowest BCUT2D eigenvalue weighted by atomic mass is 10.1. The van der Waals surface area contributed by atoms with Crippen LogP contribution >= 0.6 is 0 Å². The molecular formula is C19H13F2N5O. The molecule has 0 aliphatic heterocycles. The summed E-state index contributed by atoms with van der Waals surface area (Å²) < 4.78 is 27.9. The molecule has 0 fully saturated rings. The summed E-state index contributed by atoms with van der Waals surface area (Å²) in [5.41, 5.74) is 2.32. The van der Waals surface area contributed by atoms with Gasteiger partial charge in [0.2, 0.25) is 5.78 Å². The Bertz CT molecular complexity index is 1090. The van der Waals surface area contributed by atoms with Crippen LogP contribution in [0.15, 0.2) is 67.1 Å². The van der Waals surface area contributed by atoms with Crippen LogP contribution in [0.4, 0.5) is 25.0 Å². The van der Waals surface area contributed by atoms with Crippen molar-refractivity contribution in [3.05, 3.63) is 78.8 Å². The van der Waals surface area contributed by atoms with E-state index >= 15 is 0 Å². The van der Waals surface area contributed by atoms with Crippen LogP contribution in [0.3, 0.4) is 0 Å². The number of carbonyl (C=O) groups excluding carboxylic acids is 1. The fourth-order valence-corrected chi connectivity index (χ4v) is 2.56. The predicted molar refractivity (Wildman–Crippen MR) is 97.4 cm³/mol. The highest BCUT2D eigenvalue weighted by molar-refractivity contribution is 5.99. The van der Waals surface area contributed by atoms with Crippen molar-refractivity contribution in [3.63, 3.8) is 0 Å². The summed E-state index contributed by atoms with van der Waals surface area (Å²) in [5.74, 6) is -1.40. The molecule has 2 heterocycles. The number of nitrogens with zero attached hydrogens (tertiary/aromatic N) is 3.